The van der Waals surface area contributed by atoms with Crippen molar-refractivity contribution in [2.75, 3.05) is 19.6 Å². The van der Waals surface area contributed by atoms with Crippen LogP contribution in [0, 0.1) is 12.3 Å². The Morgan fingerprint density at radius 1 is 0.897 bits per heavy atom. The van der Waals surface area contributed by atoms with Crippen molar-refractivity contribution in [3.05, 3.63) is 66.0 Å². The maximum absolute atomic E-state index is 14.4. The van der Waals surface area contributed by atoms with Gasteiger partial charge in [0.25, 0.3) is 0 Å². The van der Waals surface area contributed by atoms with Crippen LogP contribution in [0.1, 0.15) is 76.7 Å². The van der Waals surface area contributed by atoms with Crippen molar-refractivity contribution < 1.29 is 9.59 Å². The number of fused-ring (bicyclic) bond motifs is 3. The van der Waals surface area contributed by atoms with Gasteiger partial charge in [-0.2, -0.15) is 0 Å². The minimum atomic E-state index is -0.524. The third-order valence-electron chi connectivity index (χ3n) is 9.73. The number of aryl methyl sites for hydroxylation is 1. The number of carbonyl (C=O) groups is 2. The Hall–Kier alpha value is -2.99. The number of aromatic nitrogens is 2. The predicted molar refractivity (Wildman–Crippen MR) is 155 cm³/mol. The monoisotopic (exact) mass is 526 g/mol. The van der Waals surface area contributed by atoms with Gasteiger partial charge in [0.15, 0.2) is 5.78 Å². The Morgan fingerprint density at radius 2 is 1.51 bits per heavy atom. The van der Waals surface area contributed by atoms with Gasteiger partial charge >= 0.3 is 0 Å². The van der Waals surface area contributed by atoms with Crippen molar-refractivity contribution in [1.29, 1.82) is 0 Å². The molecule has 1 aromatic heterocycles. The number of imidazole rings is 1. The minimum Gasteiger partial charge on any atom is -0.342 e. The molecule has 3 aliphatic heterocycles. The molecule has 1 unspecified atom stereocenters. The first-order valence-electron chi connectivity index (χ1n) is 14.7. The molecule has 2 aromatic carbocycles. The molecule has 3 atom stereocenters. The fourth-order valence-electron chi connectivity index (χ4n) is 7.71. The highest BCUT2D eigenvalue weighted by atomic mass is 16.2. The number of amides is 1. The summed E-state index contributed by atoms with van der Waals surface area (Å²) in [5.41, 5.74) is 2.48. The van der Waals surface area contributed by atoms with Crippen LogP contribution >= 0.6 is 0 Å². The zero-order valence-electron chi connectivity index (χ0n) is 23.9. The third kappa shape index (κ3) is 4.61. The van der Waals surface area contributed by atoms with Gasteiger partial charge in [-0.3, -0.25) is 14.5 Å². The topological polar surface area (TPSA) is 58.4 Å². The molecule has 3 aromatic rings. The van der Waals surface area contributed by atoms with E-state index in [1.165, 1.54) is 5.52 Å². The number of Topliss-reactive ketones (excluding diaryl/α,β-unsaturated/α-hetero) is 1. The van der Waals surface area contributed by atoms with E-state index < -0.39 is 10.8 Å². The first-order valence-corrected chi connectivity index (χ1v) is 14.7. The molecule has 6 heteroatoms. The zero-order valence-corrected chi connectivity index (χ0v) is 23.9. The van der Waals surface area contributed by atoms with Gasteiger partial charge in [0.2, 0.25) is 5.91 Å². The number of piperidine rings is 2. The second kappa shape index (κ2) is 9.88. The summed E-state index contributed by atoms with van der Waals surface area (Å²) in [5, 5.41) is 0. The van der Waals surface area contributed by atoms with Gasteiger partial charge in [-0.05, 0) is 63.1 Å². The molecule has 206 valence electrons. The van der Waals surface area contributed by atoms with Crippen molar-refractivity contribution in [3.63, 3.8) is 0 Å². The summed E-state index contributed by atoms with van der Waals surface area (Å²) in [6.07, 6.45) is 5.85. The lowest BCUT2D eigenvalue weighted by atomic mass is 9.69. The fourth-order valence-corrected chi connectivity index (χ4v) is 7.71. The highest BCUT2D eigenvalue weighted by molar-refractivity contribution is 5.92. The molecule has 3 fully saturated rings. The normalized spacial score (nSPS) is 25.2. The minimum absolute atomic E-state index is 0.180. The molecular weight excluding hydrogens is 484 g/mol. The Balaban J connectivity index is 1.21. The Kier molecular flexibility index (Phi) is 6.65. The summed E-state index contributed by atoms with van der Waals surface area (Å²) in [7, 11) is 0. The fraction of sp³-hybridized carbons (Fsp3) is 0.545. The van der Waals surface area contributed by atoms with Crippen molar-refractivity contribution >= 4 is 22.7 Å². The van der Waals surface area contributed by atoms with Gasteiger partial charge in [0, 0.05) is 36.6 Å². The van der Waals surface area contributed by atoms with E-state index in [2.05, 4.69) is 52.8 Å². The number of benzene rings is 2. The van der Waals surface area contributed by atoms with Crippen molar-refractivity contribution in [2.24, 2.45) is 5.41 Å². The Morgan fingerprint density at radius 3 is 2.15 bits per heavy atom. The van der Waals surface area contributed by atoms with Crippen LogP contribution in [0.15, 0.2) is 54.6 Å². The molecular formula is C33H42N4O2. The zero-order chi connectivity index (χ0) is 27.4. The van der Waals surface area contributed by atoms with Gasteiger partial charge in [-0.25, -0.2) is 4.98 Å². The lowest BCUT2D eigenvalue weighted by Crippen LogP contribution is -2.55. The Labute approximate surface area is 232 Å². The number of para-hydroxylation sites is 2. The second-order valence-electron chi connectivity index (χ2n) is 13.1. The Bertz CT molecular complexity index is 1350. The summed E-state index contributed by atoms with van der Waals surface area (Å²) in [5.74, 6) is 1.60. The van der Waals surface area contributed by atoms with Crippen LogP contribution in [0.3, 0.4) is 0 Å². The second-order valence-corrected chi connectivity index (χ2v) is 13.1. The molecule has 39 heavy (non-hydrogen) atoms. The average Bonchev–Trinajstić information content (AvgIpc) is 3.38. The number of nitrogens with zero attached hydrogens (tertiary/aromatic N) is 4. The first-order chi connectivity index (χ1) is 18.7. The molecule has 0 aliphatic carbocycles. The maximum atomic E-state index is 14.4. The van der Waals surface area contributed by atoms with Crippen molar-refractivity contribution in [3.8, 4) is 0 Å². The van der Waals surface area contributed by atoms with Gasteiger partial charge in [0.05, 0.1) is 23.0 Å². The first kappa shape index (κ1) is 26.2. The van der Waals surface area contributed by atoms with E-state index in [9.17, 15) is 9.59 Å². The van der Waals surface area contributed by atoms with Gasteiger partial charge < -0.3 is 9.47 Å². The van der Waals surface area contributed by atoms with E-state index >= 15 is 0 Å². The number of carbonyl (C=O) groups excluding carboxylic acids is 2. The molecule has 4 heterocycles. The van der Waals surface area contributed by atoms with Crippen LogP contribution in [-0.2, 0) is 15.0 Å². The number of rotatable bonds is 5. The van der Waals surface area contributed by atoms with Crippen LogP contribution in [-0.4, -0.2) is 62.8 Å². The highest BCUT2D eigenvalue weighted by Gasteiger charge is 2.48. The quantitative estimate of drug-likeness (QED) is 0.429. The molecule has 0 radical (unpaired) electrons. The summed E-state index contributed by atoms with van der Waals surface area (Å²) < 4.78 is 2.45. The predicted octanol–water partition coefficient (Wildman–Crippen LogP) is 5.69. The van der Waals surface area contributed by atoms with Crippen molar-refractivity contribution in [2.45, 2.75) is 89.8 Å². The summed E-state index contributed by atoms with van der Waals surface area (Å²) in [6, 6.07) is 20.1. The summed E-state index contributed by atoms with van der Waals surface area (Å²) in [6.45, 7) is 9.84. The van der Waals surface area contributed by atoms with Crippen molar-refractivity contribution in [1.82, 2.24) is 19.4 Å². The number of hydrogen-bond acceptors (Lipinski definition) is 4. The van der Waals surface area contributed by atoms with Crippen LogP contribution in [0.4, 0.5) is 0 Å². The lowest BCUT2D eigenvalue weighted by molar-refractivity contribution is -0.143. The van der Waals surface area contributed by atoms with Gasteiger partial charge in [-0.15, -0.1) is 0 Å². The van der Waals surface area contributed by atoms with E-state index in [0.717, 1.165) is 42.6 Å². The highest BCUT2D eigenvalue weighted by Crippen LogP contribution is 2.44. The van der Waals surface area contributed by atoms with E-state index in [-0.39, 0.29) is 5.91 Å². The number of hydrogen-bond donors (Lipinski definition) is 0. The molecule has 3 aliphatic rings. The molecule has 0 N–H and O–H groups in total. The molecule has 1 amide bonds. The SMILES string of the molecule is Cc1nc2ccccc2n1C1C[C@H]2CC[C@@H](C1)N2CC(=O)C1(c2ccccc2)CCN(C(=O)C(C)(C)C)CC1. The van der Waals surface area contributed by atoms with Crippen LogP contribution in [0.5, 0.6) is 0 Å². The average molecular weight is 527 g/mol. The molecule has 2 bridgehead atoms. The lowest BCUT2D eigenvalue weighted by Gasteiger charge is -2.45. The standard InChI is InChI=1S/C33H42N4O2/c1-23-34-28-12-8-9-13-29(28)37(23)27-20-25-14-15-26(21-27)36(25)22-30(38)33(24-10-6-5-7-11-24)16-18-35(19-17-33)31(39)32(2,3)4/h5-13,25-27H,14-22H2,1-4H3/t25-,26+,27?. The summed E-state index contributed by atoms with van der Waals surface area (Å²) in [4.78, 5) is 36.7. The molecule has 0 saturated carbocycles. The maximum Gasteiger partial charge on any atom is 0.227 e. The molecule has 0 spiro atoms. The van der Waals surface area contributed by atoms with Crippen LogP contribution in [0.25, 0.3) is 11.0 Å². The van der Waals surface area contributed by atoms with Crippen LogP contribution in [0.2, 0.25) is 0 Å². The van der Waals surface area contributed by atoms with Crippen LogP contribution < -0.4 is 0 Å². The summed E-state index contributed by atoms with van der Waals surface area (Å²) >= 11 is 0. The van der Waals surface area contributed by atoms with E-state index in [4.69, 9.17) is 4.98 Å². The number of ketones is 1. The largest absolute Gasteiger partial charge is 0.342 e. The number of likely N-dealkylation sites (tertiary alicyclic amines) is 1. The third-order valence-corrected chi connectivity index (χ3v) is 9.73. The van der Waals surface area contributed by atoms with E-state index in [1.54, 1.807) is 0 Å². The van der Waals surface area contributed by atoms with Gasteiger partial charge in [-0.1, -0.05) is 63.2 Å². The van der Waals surface area contributed by atoms with Gasteiger partial charge in [0.1, 0.15) is 5.82 Å². The van der Waals surface area contributed by atoms with E-state index in [1.807, 2.05) is 43.9 Å². The van der Waals surface area contributed by atoms with E-state index in [0.29, 0.717) is 56.4 Å². The molecule has 6 rings (SSSR count). The molecule has 6 nitrogen and oxygen atoms in total. The molecule has 3 saturated heterocycles. The smallest absolute Gasteiger partial charge is 0.227 e.